The van der Waals surface area contributed by atoms with E-state index in [1.165, 1.54) is 9.80 Å². The molecule has 0 spiro atoms. The Morgan fingerprint density at radius 1 is 0.710 bits per heavy atom. The van der Waals surface area contributed by atoms with Crippen LogP contribution in [0.3, 0.4) is 0 Å². The predicted molar refractivity (Wildman–Crippen MR) is 116 cm³/mol. The predicted octanol–water partition coefficient (Wildman–Crippen LogP) is 0.124. The molecule has 0 bridgehead atoms. The van der Waals surface area contributed by atoms with Crippen LogP contribution in [0.25, 0.3) is 0 Å². The normalized spacial score (nSPS) is 37.8. The zero-order valence-corrected chi connectivity index (χ0v) is 20.1. The van der Waals surface area contributed by atoms with E-state index in [9.17, 15) is 30.0 Å². The smallest absolute Gasteiger partial charge is 0.228 e. The molecule has 0 aromatic rings. The molecule has 3 rings (SSSR count). The van der Waals surface area contributed by atoms with Gasteiger partial charge >= 0.3 is 0 Å². The zero-order chi connectivity index (χ0) is 23.4. The fourth-order valence-electron chi connectivity index (χ4n) is 5.26. The number of hydrogen-bond acceptors (Lipinski definition) is 6. The molecule has 4 N–H and O–H groups in total. The number of rotatable bonds is 10. The van der Waals surface area contributed by atoms with Gasteiger partial charge in [0.15, 0.2) is 0 Å². The van der Waals surface area contributed by atoms with Gasteiger partial charge in [-0.15, -0.1) is 34.8 Å². The molecule has 0 radical (unpaired) electrons. The first-order chi connectivity index (χ1) is 14.5. The number of aliphatic hydroxyl groups excluding tert-OH is 4. The van der Waals surface area contributed by atoms with Gasteiger partial charge in [0, 0.05) is 32.1 Å². The Morgan fingerprint density at radius 3 is 1.26 bits per heavy atom. The quantitative estimate of drug-likeness (QED) is 0.292. The molecule has 0 aromatic carbocycles. The van der Waals surface area contributed by atoms with Gasteiger partial charge in [-0.3, -0.25) is 9.59 Å². The van der Waals surface area contributed by atoms with Crippen LogP contribution in [-0.4, -0.2) is 109 Å². The minimum absolute atomic E-state index is 0.0638. The maximum Gasteiger partial charge on any atom is 0.228 e. The van der Waals surface area contributed by atoms with Gasteiger partial charge < -0.3 is 30.2 Å². The Morgan fingerprint density at radius 2 is 1.00 bits per heavy atom. The van der Waals surface area contributed by atoms with Gasteiger partial charge in [-0.05, 0) is 0 Å². The van der Waals surface area contributed by atoms with Gasteiger partial charge in [-0.1, -0.05) is 23.2 Å². The zero-order valence-electron chi connectivity index (χ0n) is 16.3. The molecule has 3 aliphatic carbocycles. The average Bonchev–Trinajstić information content (AvgIpc) is 2.79. The molecule has 2 saturated carbocycles. The van der Waals surface area contributed by atoms with Crippen molar-refractivity contribution in [2.75, 3.05) is 52.6 Å². The molecule has 0 saturated heterocycles. The van der Waals surface area contributed by atoms with E-state index >= 15 is 0 Å². The molecular weight excluding hydrogens is 517 g/mol. The Hall–Kier alpha value is -0.0300. The number of alkyl halides is 3. The summed E-state index contributed by atoms with van der Waals surface area (Å²) in [7, 11) is 0. The monoisotopic (exact) mass is 538 g/mol. The van der Waals surface area contributed by atoms with Gasteiger partial charge in [0.25, 0.3) is 0 Å². The van der Waals surface area contributed by atoms with E-state index in [-0.39, 0.29) is 62.7 Å². The van der Waals surface area contributed by atoms with Crippen LogP contribution in [0.4, 0.5) is 0 Å². The highest BCUT2D eigenvalue weighted by atomic mass is 35.5. The molecule has 4 unspecified atom stereocenters. The number of allylic oxidation sites excluding steroid dienone is 2. The van der Waals surface area contributed by atoms with Crippen molar-refractivity contribution in [2.24, 2.45) is 17.8 Å². The lowest BCUT2D eigenvalue weighted by molar-refractivity contribution is -0.176. The maximum atomic E-state index is 13.4. The van der Waals surface area contributed by atoms with Crippen molar-refractivity contribution in [1.29, 1.82) is 0 Å². The fraction of sp³-hybridized carbons (Fsp3) is 0.778. The van der Waals surface area contributed by atoms with E-state index in [1.54, 1.807) is 0 Å². The Balaban J connectivity index is 2.05. The first-order valence-corrected chi connectivity index (χ1v) is 11.6. The molecule has 0 aliphatic heterocycles. The molecule has 8 nitrogen and oxygen atoms in total. The third kappa shape index (κ3) is 3.03. The lowest BCUT2D eigenvalue weighted by Gasteiger charge is -2.74. The second-order valence-corrected chi connectivity index (χ2v) is 10.3. The Labute approximate surface area is 204 Å². The molecule has 176 valence electrons. The fourth-order valence-corrected chi connectivity index (χ4v) is 8.20. The maximum absolute atomic E-state index is 13.4. The van der Waals surface area contributed by atoms with Crippen LogP contribution in [0.15, 0.2) is 10.1 Å². The van der Waals surface area contributed by atoms with Crippen LogP contribution in [0.2, 0.25) is 0 Å². The van der Waals surface area contributed by atoms with E-state index in [2.05, 4.69) is 0 Å². The standard InChI is InChI=1S/C18H23Cl5N2O6/c19-12-13(20)17(22)11(15(31)25(3-7-28)4-8-29)9-10(16(12,21)18(9,17)23)14(30)24(1-5-26)2-6-27/h9-11,26-29H,1-8H2. The van der Waals surface area contributed by atoms with E-state index in [0.717, 1.165) is 0 Å². The summed E-state index contributed by atoms with van der Waals surface area (Å²) in [5.74, 6) is -4.10. The molecule has 2 fully saturated rings. The number of carbonyl (C=O) groups excluding carboxylic acids is 2. The minimum Gasteiger partial charge on any atom is -0.395 e. The molecular formula is C18H23Cl5N2O6. The van der Waals surface area contributed by atoms with Crippen molar-refractivity contribution in [3.63, 3.8) is 0 Å². The van der Waals surface area contributed by atoms with E-state index in [0.29, 0.717) is 0 Å². The highest BCUT2D eigenvalue weighted by Gasteiger charge is 2.96. The number of halogens is 5. The van der Waals surface area contributed by atoms with Gasteiger partial charge in [0.1, 0.15) is 9.75 Å². The van der Waals surface area contributed by atoms with Gasteiger partial charge in [0.2, 0.25) is 11.8 Å². The summed E-state index contributed by atoms with van der Waals surface area (Å²) in [6, 6.07) is 0. The molecule has 0 aromatic heterocycles. The highest BCUT2D eigenvalue weighted by molar-refractivity contribution is 6.59. The summed E-state index contributed by atoms with van der Waals surface area (Å²) in [5.41, 5.74) is 0. The number of nitrogens with zero attached hydrogens (tertiary/aromatic N) is 2. The number of amides is 2. The number of aliphatic hydroxyl groups is 4. The van der Waals surface area contributed by atoms with Gasteiger partial charge in [0.05, 0.1) is 53.2 Å². The second-order valence-electron chi connectivity index (χ2n) is 7.79. The summed E-state index contributed by atoms with van der Waals surface area (Å²) in [6.45, 7) is -1.65. The van der Waals surface area contributed by atoms with Crippen molar-refractivity contribution < 1.29 is 30.0 Å². The molecule has 31 heavy (non-hydrogen) atoms. The largest absolute Gasteiger partial charge is 0.395 e. The topological polar surface area (TPSA) is 122 Å². The van der Waals surface area contributed by atoms with Crippen LogP contribution in [0.1, 0.15) is 0 Å². The van der Waals surface area contributed by atoms with Gasteiger partial charge in [-0.2, -0.15) is 0 Å². The summed E-state index contributed by atoms with van der Waals surface area (Å²) < 4.78 is 0. The van der Waals surface area contributed by atoms with E-state index in [1.807, 2.05) is 0 Å². The first kappa shape index (κ1) is 25.6. The van der Waals surface area contributed by atoms with E-state index in [4.69, 9.17) is 58.0 Å². The molecule has 3 aliphatic rings. The van der Waals surface area contributed by atoms with Gasteiger partial charge in [-0.25, -0.2) is 0 Å². The van der Waals surface area contributed by atoms with Crippen LogP contribution in [0.5, 0.6) is 0 Å². The second kappa shape index (κ2) is 8.96. The molecule has 4 atom stereocenters. The number of carbonyl (C=O) groups is 2. The third-order valence-corrected chi connectivity index (χ3v) is 10.3. The lowest BCUT2D eigenvalue weighted by atomic mass is 9.38. The van der Waals surface area contributed by atoms with Crippen molar-refractivity contribution in [1.82, 2.24) is 9.80 Å². The minimum atomic E-state index is -1.66. The van der Waals surface area contributed by atoms with Crippen LogP contribution in [-0.2, 0) is 9.59 Å². The van der Waals surface area contributed by atoms with E-state index < -0.39 is 44.2 Å². The first-order valence-electron chi connectivity index (χ1n) is 9.69. The summed E-state index contributed by atoms with van der Waals surface area (Å²) in [4.78, 5) is 24.3. The number of hydrogen-bond donors (Lipinski definition) is 4. The third-order valence-electron chi connectivity index (χ3n) is 6.56. The highest BCUT2D eigenvalue weighted by Crippen LogP contribution is 2.86. The van der Waals surface area contributed by atoms with Crippen molar-refractivity contribution in [3.8, 4) is 0 Å². The lowest BCUT2D eigenvalue weighted by Crippen LogP contribution is -2.89. The van der Waals surface area contributed by atoms with Crippen LogP contribution >= 0.6 is 58.0 Å². The summed E-state index contributed by atoms with van der Waals surface area (Å²) >= 11 is 33.4. The molecule has 2 amide bonds. The summed E-state index contributed by atoms with van der Waals surface area (Å²) in [6.07, 6.45) is 0. The molecule has 13 heteroatoms. The van der Waals surface area contributed by atoms with Crippen molar-refractivity contribution >= 4 is 69.8 Å². The Kier molecular flexibility index (Phi) is 7.40. The summed E-state index contributed by atoms with van der Waals surface area (Å²) in [5, 5.41) is 37.0. The SMILES string of the molecule is O=C(C1C2C(C(=O)N(CCO)CCO)C3(Cl)C(Cl)=C(Cl)C1(Cl)C23Cl)N(CCO)CCO. The van der Waals surface area contributed by atoms with Crippen molar-refractivity contribution in [3.05, 3.63) is 10.1 Å². The van der Waals surface area contributed by atoms with Crippen LogP contribution < -0.4 is 0 Å². The van der Waals surface area contributed by atoms with Crippen LogP contribution in [0, 0.1) is 17.8 Å². The average molecular weight is 541 g/mol. The molecule has 0 heterocycles. The Bertz CT molecular complexity index is 729. The van der Waals surface area contributed by atoms with Crippen molar-refractivity contribution in [2.45, 2.75) is 14.6 Å².